The van der Waals surface area contributed by atoms with Gasteiger partial charge < -0.3 is 4.90 Å². The van der Waals surface area contributed by atoms with E-state index < -0.39 is 0 Å². The summed E-state index contributed by atoms with van der Waals surface area (Å²) in [6, 6.07) is 15.5. The molecule has 1 saturated heterocycles. The Bertz CT molecular complexity index is 941. The minimum Gasteiger partial charge on any atom is -0.310 e. The molecule has 0 radical (unpaired) electrons. The van der Waals surface area contributed by atoms with Crippen LogP contribution in [0, 0.1) is 6.92 Å². The summed E-state index contributed by atoms with van der Waals surface area (Å²) < 4.78 is 0. The molecule has 1 aromatic heterocycles. The lowest BCUT2D eigenvalue weighted by Gasteiger charge is -2.17. The van der Waals surface area contributed by atoms with Gasteiger partial charge in [-0.15, -0.1) is 5.10 Å². The van der Waals surface area contributed by atoms with E-state index in [-0.39, 0.29) is 11.2 Å². The topological polar surface area (TPSA) is 61.9 Å². The van der Waals surface area contributed by atoms with Crippen molar-refractivity contribution in [3.63, 3.8) is 0 Å². The molecule has 132 valence electrons. The normalized spacial score (nSPS) is 17.1. The molecule has 1 aliphatic rings. The lowest BCUT2D eigenvalue weighted by molar-refractivity contribution is -0.116. The Morgan fingerprint density at radius 1 is 1.19 bits per heavy atom. The van der Waals surface area contributed by atoms with E-state index >= 15 is 0 Å². The lowest BCUT2D eigenvalue weighted by atomic mass is 10.1. The second-order valence-electron chi connectivity index (χ2n) is 6.17. The molecule has 1 fully saturated rings. The minimum atomic E-state index is -0.201. The van der Waals surface area contributed by atoms with Crippen LogP contribution in [0.4, 0.5) is 5.69 Å². The molecule has 0 bridgehead atoms. The Hall–Kier alpha value is -2.31. The summed E-state index contributed by atoms with van der Waals surface area (Å²) in [4.78, 5) is 19.0. The number of aryl methyl sites for hydroxylation is 1. The zero-order valence-corrected chi connectivity index (χ0v) is 15.7. The first-order valence-electron chi connectivity index (χ1n) is 8.34. The van der Waals surface area contributed by atoms with E-state index in [2.05, 4.69) is 15.2 Å². The first kappa shape index (κ1) is 17.1. The van der Waals surface area contributed by atoms with Gasteiger partial charge in [-0.3, -0.25) is 9.89 Å². The van der Waals surface area contributed by atoms with E-state index in [0.29, 0.717) is 22.5 Å². The largest absolute Gasteiger partial charge is 0.310 e. The molecule has 2 heterocycles. The second-order valence-corrected chi connectivity index (χ2v) is 7.75. The van der Waals surface area contributed by atoms with E-state index in [1.807, 2.05) is 49.4 Å². The summed E-state index contributed by atoms with van der Waals surface area (Å²) in [5.74, 6) is 0.755. The van der Waals surface area contributed by atoms with Crippen molar-refractivity contribution in [2.24, 2.45) is 0 Å². The van der Waals surface area contributed by atoms with Crippen molar-refractivity contribution < 1.29 is 4.79 Å². The maximum absolute atomic E-state index is 12.8. The zero-order chi connectivity index (χ0) is 18.1. The molecule has 1 atom stereocenters. The number of benzene rings is 2. The summed E-state index contributed by atoms with van der Waals surface area (Å²) in [7, 11) is 0. The number of carbonyl (C=O) groups excluding carboxylic acids is 1. The number of rotatable bonds is 4. The van der Waals surface area contributed by atoms with Gasteiger partial charge in [-0.05, 0) is 25.5 Å². The smallest absolute Gasteiger partial charge is 0.240 e. The lowest BCUT2D eigenvalue weighted by Crippen LogP contribution is -2.28. The van der Waals surface area contributed by atoms with E-state index in [4.69, 9.17) is 11.6 Å². The monoisotopic (exact) mass is 384 g/mol. The Balaban J connectivity index is 1.48. The maximum Gasteiger partial charge on any atom is 0.240 e. The number of halogens is 1. The van der Waals surface area contributed by atoms with Gasteiger partial charge in [0, 0.05) is 12.1 Å². The highest BCUT2D eigenvalue weighted by atomic mass is 35.5. The Labute approximate surface area is 160 Å². The first-order valence-corrected chi connectivity index (χ1v) is 9.59. The highest BCUT2D eigenvalue weighted by molar-refractivity contribution is 8.00. The number of hydrogen-bond donors (Lipinski definition) is 1. The van der Waals surface area contributed by atoms with E-state index in [1.165, 1.54) is 17.3 Å². The molecule has 2 aromatic carbocycles. The van der Waals surface area contributed by atoms with Crippen molar-refractivity contribution in [3.05, 3.63) is 59.1 Å². The van der Waals surface area contributed by atoms with Gasteiger partial charge in [-0.25, -0.2) is 4.98 Å². The van der Waals surface area contributed by atoms with Gasteiger partial charge in [0.25, 0.3) is 0 Å². The number of thioether (sulfide) groups is 1. The molecule has 26 heavy (non-hydrogen) atoms. The molecular formula is C19H17ClN4OS. The van der Waals surface area contributed by atoms with Gasteiger partial charge in [0.15, 0.2) is 5.82 Å². The Morgan fingerprint density at radius 2 is 1.96 bits per heavy atom. The first-order chi connectivity index (χ1) is 12.6. The number of amides is 1. The predicted molar refractivity (Wildman–Crippen MR) is 105 cm³/mol. The van der Waals surface area contributed by atoms with E-state index in [1.54, 1.807) is 11.0 Å². The molecule has 1 unspecified atom stereocenters. The SMILES string of the molecule is Cc1ccc(-c2nc(SC3CCN(c4ccccc4Cl)C3=O)n[nH]2)cc1. The van der Waals surface area contributed by atoms with Gasteiger partial charge in [-0.2, -0.15) is 0 Å². The van der Waals surface area contributed by atoms with Gasteiger partial charge in [-0.1, -0.05) is 65.3 Å². The fourth-order valence-corrected chi connectivity index (χ4v) is 4.13. The molecular weight excluding hydrogens is 368 g/mol. The average Bonchev–Trinajstić information content (AvgIpc) is 3.24. The van der Waals surface area contributed by atoms with Crippen molar-refractivity contribution in [2.45, 2.75) is 23.8 Å². The number of nitrogens with zero attached hydrogens (tertiary/aromatic N) is 3. The number of anilines is 1. The molecule has 1 N–H and O–H groups in total. The van der Waals surface area contributed by atoms with Gasteiger partial charge >= 0.3 is 0 Å². The molecule has 0 spiro atoms. The third-order valence-corrected chi connectivity index (χ3v) is 5.77. The zero-order valence-electron chi connectivity index (χ0n) is 14.1. The van der Waals surface area contributed by atoms with Crippen LogP contribution in [-0.4, -0.2) is 32.9 Å². The van der Waals surface area contributed by atoms with Crippen LogP contribution in [0.15, 0.2) is 53.7 Å². The number of hydrogen-bond acceptors (Lipinski definition) is 4. The van der Waals surface area contributed by atoms with E-state index in [0.717, 1.165) is 17.7 Å². The summed E-state index contributed by atoms with van der Waals surface area (Å²) in [5, 5.41) is 8.18. The highest BCUT2D eigenvalue weighted by Gasteiger charge is 2.35. The van der Waals surface area contributed by atoms with Crippen molar-refractivity contribution >= 4 is 35.0 Å². The molecule has 1 aliphatic heterocycles. The minimum absolute atomic E-state index is 0.0461. The molecule has 5 nitrogen and oxygen atoms in total. The number of aromatic nitrogens is 3. The predicted octanol–water partition coefficient (Wildman–Crippen LogP) is 4.33. The van der Waals surface area contributed by atoms with Crippen LogP contribution in [-0.2, 0) is 4.79 Å². The molecule has 7 heteroatoms. The van der Waals surface area contributed by atoms with Crippen LogP contribution in [0.3, 0.4) is 0 Å². The van der Waals surface area contributed by atoms with Crippen LogP contribution < -0.4 is 4.90 Å². The van der Waals surface area contributed by atoms with Crippen LogP contribution in [0.2, 0.25) is 5.02 Å². The van der Waals surface area contributed by atoms with Crippen molar-refractivity contribution in [3.8, 4) is 11.4 Å². The molecule has 4 rings (SSSR count). The second kappa shape index (κ2) is 7.13. The standard InChI is InChI=1S/C19H17ClN4OS/c1-12-6-8-13(9-7-12)17-21-19(23-22-17)26-16-10-11-24(18(16)25)15-5-3-2-4-14(15)20/h2-9,16H,10-11H2,1H3,(H,21,22,23). The molecule has 0 aliphatic carbocycles. The molecule has 1 amide bonds. The highest BCUT2D eigenvalue weighted by Crippen LogP contribution is 2.35. The van der Waals surface area contributed by atoms with Crippen LogP contribution in [0.25, 0.3) is 11.4 Å². The molecule has 3 aromatic rings. The molecule has 0 saturated carbocycles. The van der Waals surface area contributed by atoms with Crippen molar-refractivity contribution in [1.29, 1.82) is 0 Å². The van der Waals surface area contributed by atoms with Gasteiger partial charge in [0.2, 0.25) is 11.1 Å². The number of H-pyrrole nitrogens is 1. The third kappa shape index (κ3) is 3.34. The van der Waals surface area contributed by atoms with Gasteiger partial charge in [0.05, 0.1) is 16.0 Å². The quantitative estimate of drug-likeness (QED) is 0.727. The van der Waals surface area contributed by atoms with Crippen molar-refractivity contribution in [1.82, 2.24) is 15.2 Å². The van der Waals surface area contributed by atoms with Crippen LogP contribution in [0.1, 0.15) is 12.0 Å². The van der Waals surface area contributed by atoms with Crippen molar-refractivity contribution in [2.75, 3.05) is 11.4 Å². The average molecular weight is 385 g/mol. The Morgan fingerprint density at radius 3 is 2.73 bits per heavy atom. The maximum atomic E-state index is 12.8. The number of carbonyl (C=O) groups is 1. The summed E-state index contributed by atoms with van der Waals surface area (Å²) >= 11 is 7.62. The Kier molecular flexibility index (Phi) is 4.70. The fourth-order valence-electron chi connectivity index (χ4n) is 2.94. The van der Waals surface area contributed by atoms with Crippen LogP contribution in [0.5, 0.6) is 0 Å². The fraction of sp³-hybridized carbons (Fsp3) is 0.211. The number of nitrogens with one attached hydrogen (secondary N) is 1. The third-order valence-electron chi connectivity index (χ3n) is 4.34. The van der Waals surface area contributed by atoms with E-state index in [9.17, 15) is 4.79 Å². The number of para-hydroxylation sites is 1. The number of aromatic amines is 1. The summed E-state index contributed by atoms with van der Waals surface area (Å²) in [6.45, 7) is 2.69. The van der Waals surface area contributed by atoms with Gasteiger partial charge in [0.1, 0.15) is 0 Å². The summed E-state index contributed by atoms with van der Waals surface area (Å²) in [5.41, 5.74) is 2.93. The van der Waals surface area contributed by atoms with Crippen LogP contribution >= 0.6 is 23.4 Å². The summed E-state index contributed by atoms with van der Waals surface area (Å²) in [6.07, 6.45) is 0.739.